The van der Waals surface area contributed by atoms with Crippen LogP contribution in [-0.2, 0) is 15.7 Å². The lowest BCUT2D eigenvalue weighted by molar-refractivity contribution is -0.302. The first-order valence-electron chi connectivity index (χ1n) is 8.82. The number of rotatable bonds is 6. The third kappa shape index (κ3) is 6.47. The van der Waals surface area contributed by atoms with Crippen molar-refractivity contribution in [3.05, 3.63) is 72.8 Å². The van der Waals surface area contributed by atoms with Crippen LogP contribution in [0.25, 0.3) is 0 Å². The Kier molecular flexibility index (Phi) is 8.43. The fourth-order valence-electron chi connectivity index (χ4n) is 2.54. The molecule has 0 aliphatic heterocycles. The van der Waals surface area contributed by atoms with Crippen LogP contribution in [0.3, 0.4) is 0 Å². The van der Waals surface area contributed by atoms with Crippen LogP contribution in [0.5, 0.6) is 17.2 Å². The molecule has 3 aromatic carbocycles. The third-order valence-electron chi connectivity index (χ3n) is 3.89. The fourth-order valence-corrected chi connectivity index (χ4v) is 4.58. The van der Waals surface area contributed by atoms with E-state index in [9.17, 15) is 0 Å². The van der Waals surface area contributed by atoms with Crippen molar-refractivity contribution in [2.24, 2.45) is 0 Å². The topological polar surface area (TPSA) is 67.8 Å². The highest BCUT2D eigenvalue weighted by atomic mass is 32.2. The second kappa shape index (κ2) is 11.0. The molecule has 0 aliphatic rings. The molecule has 0 amide bonds. The molecule has 0 aromatic heterocycles. The molecule has 0 saturated heterocycles. The van der Waals surface area contributed by atoms with E-state index in [1.807, 2.05) is 36.4 Å². The summed E-state index contributed by atoms with van der Waals surface area (Å²) in [5.41, 5.74) is 0. The molecule has 0 radical (unpaired) electrons. The Labute approximate surface area is 174 Å². The number of ether oxygens (including phenoxy) is 3. The van der Waals surface area contributed by atoms with Crippen molar-refractivity contribution in [1.29, 1.82) is 0 Å². The van der Waals surface area contributed by atoms with Crippen molar-refractivity contribution in [1.82, 2.24) is 0 Å². The Hall–Kier alpha value is -3.12. The molecule has 0 bridgehead atoms. The Morgan fingerprint density at radius 2 is 0.828 bits per heavy atom. The minimum atomic E-state index is -1.08. The zero-order valence-electron chi connectivity index (χ0n) is 16.9. The molecule has 152 valence electrons. The lowest BCUT2D eigenvalue weighted by Gasteiger charge is -2.10. The SMILES string of the molecule is CC(=O)[O-].COc1ccc([S+](c2ccc(OC)cc2)c2ccc(OC)cc2)cc1. The van der Waals surface area contributed by atoms with E-state index in [4.69, 9.17) is 24.1 Å². The average Bonchev–Trinajstić information content (AvgIpc) is 2.75. The summed E-state index contributed by atoms with van der Waals surface area (Å²) in [6.45, 7) is 0.972. The van der Waals surface area contributed by atoms with Crippen LogP contribution in [0, 0.1) is 0 Å². The van der Waals surface area contributed by atoms with Gasteiger partial charge in [0.05, 0.1) is 32.2 Å². The molecule has 6 heteroatoms. The largest absolute Gasteiger partial charge is 0.550 e. The maximum absolute atomic E-state index is 8.89. The van der Waals surface area contributed by atoms with E-state index in [1.54, 1.807) is 21.3 Å². The van der Waals surface area contributed by atoms with Gasteiger partial charge in [-0.2, -0.15) is 0 Å². The van der Waals surface area contributed by atoms with Gasteiger partial charge in [-0.05, 0) is 79.7 Å². The van der Waals surface area contributed by atoms with Crippen LogP contribution in [0.4, 0.5) is 0 Å². The summed E-state index contributed by atoms with van der Waals surface area (Å²) in [4.78, 5) is 12.6. The van der Waals surface area contributed by atoms with Gasteiger partial charge in [0, 0.05) is 5.97 Å². The standard InChI is InChI=1S/C21H21O3S.C2H4O2/c1-22-16-4-10-19(11-5-16)25(20-12-6-17(23-2)7-13-20)21-14-8-18(24-3)9-15-21;1-2(3)4/h4-15H,1-3H3;1H3,(H,3,4)/q+1;/p-1. The molecule has 0 atom stereocenters. The van der Waals surface area contributed by atoms with E-state index in [0.29, 0.717) is 0 Å². The smallest absolute Gasteiger partial charge is 0.166 e. The maximum atomic E-state index is 8.89. The normalized spacial score (nSPS) is 9.97. The lowest BCUT2D eigenvalue weighted by atomic mass is 10.3. The van der Waals surface area contributed by atoms with Gasteiger partial charge in [-0.25, -0.2) is 0 Å². The Morgan fingerprint density at radius 1 is 0.621 bits per heavy atom. The van der Waals surface area contributed by atoms with Gasteiger partial charge in [0.2, 0.25) is 0 Å². The van der Waals surface area contributed by atoms with Crippen molar-refractivity contribution in [3.63, 3.8) is 0 Å². The number of carboxylic acid groups (broad SMARTS) is 1. The van der Waals surface area contributed by atoms with Crippen molar-refractivity contribution < 1.29 is 24.1 Å². The monoisotopic (exact) mass is 412 g/mol. The number of benzene rings is 3. The Bertz CT molecular complexity index is 773. The molecule has 3 rings (SSSR count). The fraction of sp³-hybridized carbons (Fsp3) is 0.174. The first kappa shape index (κ1) is 22.2. The van der Waals surface area contributed by atoms with Gasteiger partial charge in [-0.1, -0.05) is 0 Å². The summed E-state index contributed by atoms with van der Waals surface area (Å²) in [6, 6.07) is 24.7. The van der Waals surface area contributed by atoms with Crippen molar-refractivity contribution in [2.45, 2.75) is 21.6 Å². The summed E-state index contributed by atoms with van der Waals surface area (Å²) < 4.78 is 15.9. The molecular weight excluding hydrogens is 388 g/mol. The number of carbonyl (C=O) groups excluding carboxylic acids is 1. The number of hydrogen-bond acceptors (Lipinski definition) is 5. The average molecular weight is 413 g/mol. The highest BCUT2D eigenvalue weighted by Gasteiger charge is 2.28. The van der Waals surface area contributed by atoms with E-state index < -0.39 is 5.97 Å². The summed E-state index contributed by atoms with van der Waals surface area (Å²) in [6.07, 6.45) is 0. The number of aliphatic carboxylic acids is 1. The minimum absolute atomic E-state index is 0.212. The predicted molar refractivity (Wildman–Crippen MR) is 112 cm³/mol. The third-order valence-corrected chi connectivity index (χ3v) is 6.12. The molecule has 0 fully saturated rings. The molecule has 0 unspecified atom stereocenters. The van der Waals surface area contributed by atoms with Crippen molar-refractivity contribution in [2.75, 3.05) is 21.3 Å². The Morgan fingerprint density at radius 3 is 1.00 bits per heavy atom. The first-order valence-corrected chi connectivity index (χ1v) is 10.0. The van der Waals surface area contributed by atoms with Crippen LogP contribution in [0.2, 0.25) is 0 Å². The van der Waals surface area contributed by atoms with Gasteiger partial charge in [0.25, 0.3) is 0 Å². The molecular formula is C23H24O5S. The van der Waals surface area contributed by atoms with Crippen LogP contribution in [0.15, 0.2) is 87.5 Å². The van der Waals surface area contributed by atoms with Gasteiger partial charge in [0.15, 0.2) is 14.7 Å². The summed E-state index contributed by atoms with van der Waals surface area (Å²) in [5, 5.41) is 8.89. The van der Waals surface area contributed by atoms with Crippen LogP contribution in [0.1, 0.15) is 6.92 Å². The molecule has 0 N–H and O–H groups in total. The molecule has 0 saturated carbocycles. The predicted octanol–water partition coefficient (Wildman–Crippen LogP) is 3.56. The van der Waals surface area contributed by atoms with E-state index in [1.165, 1.54) is 14.7 Å². The zero-order chi connectivity index (χ0) is 21.2. The number of carbonyl (C=O) groups is 1. The zero-order valence-corrected chi connectivity index (χ0v) is 17.7. The Balaban J connectivity index is 0.000000687. The quantitative estimate of drug-likeness (QED) is 0.579. The van der Waals surface area contributed by atoms with Crippen molar-refractivity contribution in [3.8, 4) is 17.2 Å². The molecule has 0 heterocycles. The highest BCUT2D eigenvalue weighted by Crippen LogP contribution is 2.33. The molecule has 5 nitrogen and oxygen atoms in total. The van der Waals surface area contributed by atoms with Gasteiger partial charge in [-0.15, -0.1) is 0 Å². The van der Waals surface area contributed by atoms with Gasteiger partial charge in [-0.3, -0.25) is 0 Å². The van der Waals surface area contributed by atoms with E-state index >= 15 is 0 Å². The highest BCUT2D eigenvalue weighted by molar-refractivity contribution is 7.97. The lowest BCUT2D eigenvalue weighted by Crippen LogP contribution is -2.16. The van der Waals surface area contributed by atoms with Gasteiger partial charge < -0.3 is 24.1 Å². The minimum Gasteiger partial charge on any atom is -0.550 e. The molecule has 3 aromatic rings. The van der Waals surface area contributed by atoms with Crippen LogP contribution >= 0.6 is 0 Å². The van der Waals surface area contributed by atoms with Gasteiger partial charge >= 0.3 is 0 Å². The van der Waals surface area contributed by atoms with Crippen LogP contribution in [-0.4, -0.2) is 27.3 Å². The molecule has 0 spiro atoms. The van der Waals surface area contributed by atoms with E-state index in [-0.39, 0.29) is 10.9 Å². The summed E-state index contributed by atoms with van der Waals surface area (Å²) in [7, 11) is 4.83. The van der Waals surface area contributed by atoms with E-state index in [2.05, 4.69) is 36.4 Å². The second-order valence-electron chi connectivity index (χ2n) is 5.82. The number of methoxy groups -OCH3 is 3. The summed E-state index contributed by atoms with van der Waals surface area (Å²) in [5.74, 6) is 1.49. The van der Waals surface area contributed by atoms with E-state index in [0.717, 1.165) is 24.2 Å². The van der Waals surface area contributed by atoms with Crippen LogP contribution < -0.4 is 19.3 Å². The molecule has 0 aliphatic carbocycles. The second-order valence-corrected chi connectivity index (χ2v) is 7.85. The first-order chi connectivity index (χ1) is 14.0. The van der Waals surface area contributed by atoms with Crippen molar-refractivity contribution >= 4 is 16.9 Å². The van der Waals surface area contributed by atoms with Gasteiger partial charge in [0.1, 0.15) is 17.2 Å². The maximum Gasteiger partial charge on any atom is 0.166 e. The number of carboxylic acids is 1. The number of hydrogen-bond donors (Lipinski definition) is 0. The summed E-state index contributed by atoms with van der Waals surface area (Å²) >= 11 is 0. The molecule has 29 heavy (non-hydrogen) atoms.